The zero-order chi connectivity index (χ0) is 20.9. The number of fused-ring (bicyclic) bond motifs is 7. The fourth-order valence-electron chi connectivity index (χ4n) is 10.4. The molecule has 6 aliphatic rings. The number of aliphatic hydroxyl groups is 1. The first-order valence-electron chi connectivity index (χ1n) is 13.4. The number of hydrogen-bond acceptors (Lipinski definition) is 3. The minimum Gasteiger partial charge on any atom is -0.393 e. The van der Waals surface area contributed by atoms with Gasteiger partial charge in [0.2, 0.25) is 0 Å². The van der Waals surface area contributed by atoms with Gasteiger partial charge in [-0.25, -0.2) is 0 Å². The molecular formula is C27H46INO2. The van der Waals surface area contributed by atoms with Crippen LogP contribution in [0.2, 0.25) is 0 Å². The molecule has 6 rings (SSSR count). The fraction of sp³-hybridized carbons (Fsp3) is 1.00. The molecular weight excluding hydrogens is 497 g/mol. The minimum atomic E-state index is -0.0320. The topological polar surface area (TPSA) is 41.5 Å². The van der Waals surface area contributed by atoms with Crippen molar-refractivity contribution in [2.75, 3.05) is 6.54 Å². The second-order valence-electron chi connectivity index (χ2n) is 13.3. The van der Waals surface area contributed by atoms with Crippen molar-refractivity contribution in [2.24, 2.45) is 52.3 Å². The van der Waals surface area contributed by atoms with Crippen LogP contribution in [0.4, 0.5) is 0 Å². The number of rotatable bonds is 0. The van der Waals surface area contributed by atoms with Crippen LogP contribution in [0.25, 0.3) is 0 Å². The Kier molecular flexibility index (Phi) is 5.89. The van der Waals surface area contributed by atoms with Crippen molar-refractivity contribution in [3.8, 4) is 0 Å². The minimum absolute atomic E-state index is 0. The van der Waals surface area contributed by atoms with E-state index in [1.54, 1.807) is 0 Å². The van der Waals surface area contributed by atoms with Crippen molar-refractivity contribution in [3.05, 3.63) is 0 Å². The maximum atomic E-state index is 10.3. The molecule has 0 aromatic rings. The maximum Gasteiger partial charge on any atom is 0.122 e. The van der Waals surface area contributed by atoms with E-state index < -0.39 is 0 Å². The first kappa shape index (κ1) is 23.4. The average molecular weight is 544 g/mol. The van der Waals surface area contributed by atoms with Crippen molar-refractivity contribution in [2.45, 2.75) is 110 Å². The van der Waals surface area contributed by atoms with Crippen molar-refractivity contribution >= 4 is 24.0 Å². The van der Waals surface area contributed by atoms with Gasteiger partial charge in [-0.2, -0.15) is 0 Å². The Bertz CT molecular complexity index is 693. The van der Waals surface area contributed by atoms with Crippen molar-refractivity contribution < 1.29 is 9.84 Å². The summed E-state index contributed by atoms with van der Waals surface area (Å²) in [5.41, 5.74) is 0.919. The SMILES string of the molecule is C[C@H]1CC[C@]2(NC1)O[C@H]1C[C@H]3[C@@H]4CC[C@H]5C[C@@H](O)CC[C@]5(C)[C@H]4CC[C@]3(C)[C@H]1[C@@H]2C.I. The van der Waals surface area contributed by atoms with Gasteiger partial charge < -0.3 is 9.84 Å². The van der Waals surface area contributed by atoms with Gasteiger partial charge in [0, 0.05) is 12.5 Å². The predicted molar refractivity (Wildman–Crippen MR) is 135 cm³/mol. The molecule has 2 aliphatic heterocycles. The zero-order valence-electron chi connectivity index (χ0n) is 20.2. The number of aliphatic hydroxyl groups excluding tert-OH is 1. The third kappa shape index (κ3) is 3.19. The lowest BCUT2D eigenvalue weighted by Crippen LogP contribution is -2.57. The number of nitrogens with one attached hydrogen (secondary N) is 1. The molecule has 1 spiro atoms. The van der Waals surface area contributed by atoms with Crippen molar-refractivity contribution in [1.29, 1.82) is 0 Å². The van der Waals surface area contributed by atoms with Gasteiger partial charge in [0.25, 0.3) is 0 Å². The normalized spacial score (nSPS) is 60.5. The fourth-order valence-corrected chi connectivity index (χ4v) is 10.4. The number of ether oxygens (including phenoxy) is 1. The van der Waals surface area contributed by atoms with Gasteiger partial charge in [0.15, 0.2) is 0 Å². The molecule has 12 atom stereocenters. The Labute approximate surface area is 207 Å². The van der Waals surface area contributed by atoms with Gasteiger partial charge in [-0.1, -0.05) is 27.7 Å². The van der Waals surface area contributed by atoms with E-state index in [2.05, 4.69) is 33.0 Å². The van der Waals surface area contributed by atoms with Gasteiger partial charge >= 0.3 is 0 Å². The van der Waals surface area contributed by atoms with Crippen LogP contribution in [-0.2, 0) is 4.74 Å². The summed E-state index contributed by atoms with van der Waals surface area (Å²) in [6.45, 7) is 11.3. The molecule has 0 aromatic heterocycles. The lowest BCUT2D eigenvalue weighted by Gasteiger charge is -2.61. The Morgan fingerprint density at radius 1 is 0.871 bits per heavy atom. The maximum absolute atomic E-state index is 10.3. The summed E-state index contributed by atoms with van der Waals surface area (Å²) in [5.74, 6) is 5.57. The van der Waals surface area contributed by atoms with Gasteiger partial charge in [-0.15, -0.1) is 24.0 Å². The van der Waals surface area contributed by atoms with Crippen LogP contribution < -0.4 is 5.32 Å². The Balaban J connectivity index is 0.00000204. The second-order valence-corrected chi connectivity index (χ2v) is 13.3. The molecule has 4 heteroatoms. The van der Waals surface area contributed by atoms with E-state index in [-0.39, 0.29) is 35.8 Å². The van der Waals surface area contributed by atoms with Crippen LogP contribution in [0.5, 0.6) is 0 Å². The van der Waals surface area contributed by atoms with Crippen LogP contribution in [0.1, 0.15) is 91.9 Å². The molecule has 2 heterocycles. The largest absolute Gasteiger partial charge is 0.393 e. The Morgan fingerprint density at radius 2 is 1.65 bits per heavy atom. The zero-order valence-corrected chi connectivity index (χ0v) is 22.6. The van der Waals surface area contributed by atoms with Crippen LogP contribution in [-0.4, -0.2) is 29.6 Å². The van der Waals surface area contributed by atoms with Crippen molar-refractivity contribution in [1.82, 2.24) is 5.32 Å². The molecule has 4 aliphatic carbocycles. The number of halogens is 1. The quantitative estimate of drug-likeness (QED) is 0.369. The summed E-state index contributed by atoms with van der Waals surface area (Å²) in [6, 6.07) is 0. The molecule has 0 bridgehead atoms. The average Bonchev–Trinajstić information content (AvgIpc) is 3.16. The monoisotopic (exact) mass is 543 g/mol. The molecule has 2 N–H and O–H groups in total. The summed E-state index contributed by atoms with van der Waals surface area (Å²) >= 11 is 0. The summed E-state index contributed by atoms with van der Waals surface area (Å²) in [6.07, 6.45) is 13.2. The van der Waals surface area contributed by atoms with E-state index in [0.29, 0.717) is 22.9 Å². The highest BCUT2D eigenvalue weighted by Crippen LogP contribution is 2.71. The van der Waals surface area contributed by atoms with E-state index in [0.717, 1.165) is 54.9 Å². The molecule has 0 amide bonds. The van der Waals surface area contributed by atoms with Crippen LogP contribution >= 0.6 is 24.0 Å². The lowest BCUT2D eigenvalue weighted by molar-refractivity contribution is -0.140. The summed E-state index contributed by atoms with van der Waals surface area (Å²) in [4.78, 5) is 0. The van der Waals surface area contributed by atoms with E-state index in [1.807, 2.05) is 0 Å². The van der Waals surface area contributed by atoms with E-state index in [1.165, 1.54) is 51.4 Å². The third-order valence-electron chi connectivity index (χ3n) is 12.1. The molecule has 0 aromatic carbocycles. The predicted octanol–water partition coefficient (Wildman–Crippen LogP) is 5.98. The lowest BCUT2D eigenvalue weighted by atomic mass is 9.44. The summed E-state index contributed by atoms with van der Waals surface area (Å²) in [7, 11) is 0. The van der Waals surface area contributed by atoms with E-state index >= 15 is 0 Å². The third-order valence-corrected chi connectivity index (χ3v) is 12.1. The summed E-state index contributed by atoms with van der Waals surface area (Å²) < 4.78 is 7.01. The van der Waals surface area contributed by atoms with Gasteiger partial charge in [0.1, 0.15) is 5.72 Å². The molecule has 31 heavy (non-hydrogen) atoms. The molecule has 0 unspecified atom stereocenters. The van der Waals surface area contributed by atoms with Crippen LogP contribution in [0.15, 0.2) is 0 Å². The molecule has 178 valence electrons. The molecule has 4 saturated carbocycles. The highest BCUT2D eigenvalue weighted by molar-refractivity contribution is 14.0. The molecule has 2 saturated heterocycles. The molecule has 0 radical (unpaired) electrons. The Hall–Kier alpha value is 0.610. The van der Waals surface area contributed by atoms with Gasteiger partial charge in [-0.3, -0.25) is 5.32 Å². The highest BCUT2D eigenvalue weighted by atomic mass is 127. The Morgan fingerprint density at radius 3 is 2.39 bits per heavy atom. The first-order valence-corrected chi connectivity index (χ1v) is 13.4. The molecule has 3 nitrogen and oxygen atoms in total. The van der Waals surface area contributed by atoms with Gasteiger partial charge in [-0.05, 0) is 111 Å². The molecule has 6 fully saturated rings. The van der Waals surface area contributed by atoms with E-state index in [9.17, 15) is 5.11 Å². The van der Waals surface area contributed by atoms with E-state index in [4.69, 9.17) is 4.74 Å². The van der Waals surface area contributed by atoms with Crippen LogP contribution in [0.3, 0.4) is 0 Å². The smallest absolute Gasteiger partial charge is 0.122 e. The summed E-state index contributed by atoms with van der Waals surface area (Å²) in [5, 5.41) is 14.2. The van der Waals surface area contributed by atoms with Crippen molar-refractivity contribution in [3.63, 3.8) is 0 Å². The number of hydrogen-bond donors (Lipinski definition) is 2. The second kappa shape index (κ2) is 7.81. The first-order chi connectivity index (χ1) is 14.3. The highest BCUT2D eigenvalue weighted by Gasteiger charge is 2.68. The number of piperidine rings is 1. The standard InChI is InChI=1S/C27H45NO2.HI/c1-16-7-12-27(28-15-16)17(2)24-23(30-27)14-22-20-6-5-18-13-19(29)8-10-25(18,3)21(20)9-11-26(22,24)4;/h16-24,28-29H,5-15H2,1-4H3;1H/t16-,17-,18-,19-,20+,21-,22-,23-,24-,25-,26-,27-;/m0./s1. The van der Waals surface area contributed by atoms with Gasteiger partial charge in [0.05, 0.1) is 12.2 Å². The van der Waals surface area contributed by atoms with Crippen LogP contribution in [0, 0.1) is 52.3 Å².